The highest BCUT2D eigenvalue weighted by atomic mass is 16.5. The van der Waals surface area contributed by atoms with Crippen molar-refractivity contribution in [2.24, 2.45) is 0 Å². The number of nitrogens with zero attached hydrogens (tertiary/aromatic N) is 1. The zero-order chi connectivity index (χ0) is 47.8. The zero-order valence-electron chi connectivity index (χ0n) is 39.6. The molecule has 2 aliphatic carbocycles. The molecular weight excluding hydrogens is 887 g/mol. The lowest BCUT2D eigenvalue weighted by Crippen LogP contribution is -2.32. The summed E-state index contributed by atoms with van der Waals surface area (Å²) < 4.78 is 13.9. The van der Waals surface area contributed by atoms with Crippen LogP contribution in [0.4, 0.5) is 17.1 Å². The summed E-state index contributed by atoms with van der Waals surface area (Å²) in [5, 5.41) is 6.65. The van der Waals surface area contributed by atoms with Crippen LogP contribution in [0.3, 0.4) is 0 Å². The summed E-state index contributed by atoms with van der Waals surface area (Å²) in [7, 11) is 0. The molecule has 1 aromatic heterocycles. The van der Waals surface area contributed by atoms with Gasteiger partial charge >= 0.3 is 0 Å². The first-order valence-electron chi connectivity index (χ1n) is 25.2. The quantitative estimate of drug-likeness (QED) is 0.172. The van der Waals surface area contributed by atoms with Crippen molar-refractivity contribution in [2.45, 2.75) is 10.8 Å². The lowest BCUT2D eigenvalue weighted by atomic mass is 9.65. The predicted molar refractivity (Wildman–Crippen MR) is 298 cm³/mol. The first-order valence-corrected chi connectivity index (χ1v) is 25.2. The van der Waals surface area contributed by atoms with E-state index in [2.05, 4.69) is 260 Å². The number of ether oxygens (including phenoxy) is 1. The van der Waals surface area contributed by atoms with Gasteiger partial charge in [0.2, 0.25) is 0 Å². The molecule has 0 unspecified atom stereocenters. The van der Waals surface area contributed by atoms with Gasteiger partial charge in [-0.2, -0.15) is 0 Å². The number of rotatable bonds is 5. The Balaban J connectivity index is 1.05. The maximum atomic E-state index is 7.36. The van der Waals surface area contributed by atoms with Crippen molar-refractivity contribution in [3.63, 3.8) is 0 Å². The number of hydrogen-bond acceptors (Lipinski definition) is 3. The van der Waals surface area contributed by atoms with Crippen LogP contribution in [0.2, 0.25) is 0 Å². The van der Waals surface area contributed by atoms with Gasteiger partial charge in [0, 0.05) is 49.5 Å². The SMILES string of the molecule is c1ccc(C2(c3ccccc3)c3ccccc3-c3c(N(c4ccc5oc6ccccc6c5c4)c4cccc5c4-c4ccccc4C54c5ccc6ccccc6c5Oc5c4ccc4ccccc54)cccc32)cc1. The molecule has 16 rings (SSSR count). The molecule has 3 heteroatoms. The number of hydrogen-bond donors (Lipinski definition) is 0. The van der Waals surface area contributed by atoms with E-state index < -0.39 is 10.8 Å². The van der Waals surface area contributed by atoms with Gasteiger partial charge < -0.3 is 14.1 Å². The molecule has 0 saturated heterocycles. The molecule has 2 heterocycles. The van der Waals surface area contributed by atoms with Crippen LogP contribution in [0.25, 0.3) is 65.7 Å². The van der Waals surface area contributed by atoms with Crippen molar-refractivity contribution in [2.75, 3.05) is 4.90 Å². The molecule has 13 aromatic rings. The standard InChI is InChI=1S/C70H43NO2/c1-3-21-46(22-4-1)69(47-23-5-2-6-24-47)55-30-14-11-28-52(55)65-57(69)32-17-34-61(65)71(48-39-42-64-54(43-48)51-27-13-16-36-63(51)72-64)62-35-18-33-58-66(62)53-29-12-15-31-56(53)70(58)59-40-37-44-19-7-9-25-49(44)67(59)73-68-50-26-10-8-20-45(50)38-41-60(68)70/h1-43H. The second-order valence-corrected chi connectivity index (χ2v) is 19.8. The fourth-order valence-corrected chi connectivity index (χ4v) is 13.5. The van der Waals surface area contributed by atoms with Crippen LogP contribution in [0.1, 0.15) is 44.5 Å². The lowest BCUT2D eigenvalue weighted by Gasteiger charge is -2.40. The van der Waals surface area contributed by atoms with E-state index in [0.29, 0.717) is 0 Å². The van der Waals surface area contributed by atoms with Crippen molar-refractivity contribution in [1.82, 2.24) is 0 Å². The number of para-hydroxylation sites is 1. The van der Waals surface area contributed by atoms with Gasteiger partial charge in [0.25, 0.3) is 0 Å². The Kier molecular flexibility index (Phi) is 8.30. The fourth-order valence-electron chi connectivity index (χ4n) is 13.5. The number of furan rings is 1. The van der Waals surface area contributed by atoms with Gasteiger partial charge in [-0.1, -0.05) is 224 Å². The normalized spacial score (nSPS) is 14.1. The number of anilines is 3. The molecule has 1 spiro atoms. The lowest BCUT2D eigenvalue weighted by molar-refractivity contribution is 0.447. The number of fused-ring (bicyclic) bond motifs is 19. The molecule has 12 aromatic carbocycles. The Morgan fingerprint density at radius 2 is 0.767 bits per heavy atom. The molecule has 0 amide bonds. The Labute approximate surface area is 422 Å². The summed E-state index contributed by atoms with van der Waals surface area (Å²) >= 11 is 0. The third-order valence-electron chi connectivity index (χ3n) is 16.4. The fraction of sp³-hybridized carbons (Fsp3) is 0.0286. The van der Waals surface area contributed by atoms with Crippen molar-refractivity contribution in [3.8, 4) is 33.8 Å². The van der Waals surface area contributed by atoms with Crippen molar-refractivity contribution in [1.29, 1.82) is 0 Å². The van der Waals surface area contributed by atoms with Gasteiger partial charge in [0.1, 0.15) is 22.7 Å². The summed E-state index contributed by atoms with van der Waals surface area (Å²) in [5.74, 6) is 1.81. The summed E-state index contributed by atoms with van der Waals surface area (Å²) in [4.78, 5) is 2.56. The molecule has 3 aliphatic rings. The molecule has 0 bridgehead atoms. The monoisotopic (exact) mass is 929 g/mol. The Morgan fingerprint density at radius 1 is 0.301 bits per heavy atom. The highest BCUT2D eigenvalue weighted by molar-refractivity contribution is 6.09. The Hall–Kier alpha value is -9.44. The minimum absolute atomic E-state index is 0.586. The molecule has 0 radical (unpaired) electrons. The maximum absolute atomic E-state index is 7.36. The topological polar surface area (TPSA) is 25.6 Å². The van der Waals surface area contributed by atoms with Crippen molar-refractivity contribution < 1.29 is 9.15 Å². The Morgan fingerprint density at radius 3 is 1.37 bits per heavy atom. The van der Waals surface area contributed by atoms with Crippen LogP contribution >= 0.6 is 0 Å². The molecule has 1 aliphatic heterocycles. The van der Waals surface area contributed by atoms with Crippen molar-refractivity contribution >= 4 is 60.5 Å². The molecule has 0 saturated carbocycles. The highest BCUT2D eigenvalue weighted by Crippen LogP contribution is 2.67. The second-order valence-electron chi connectivity index (χ2n) is 19.8. The smallest absolute Gasteiger partial charge is 0.140 e. The summed E-state index contributed by atoms with van der Waals surface area (Å²) in [5.41, 5.74) is 18.2. The van der Waals surface area contributed by atoms with E-state index in [1.165, 1.54) is 55.6 Å². The molecule has 0 N–H and O–H groups in total. The Bertz CT molecular complexity index is 4310. The van der Waals surface area contributed by atoms with E-state index in [1.54, 1.807) is 0 Å². The highest BCUT2D eigenvalue weighted by Gasteiger charge is 2.53. The average Bonchev–Trinajstić information content (AvgIpc) is 4.10. The molecular formula is C70H43NO2. The van der Waals surface area contributed by atoms with Crippen molar-refractivity contribution in [3.05, 3.63) is 305 Å². The van der Waals surface area contributed by atoms with Crippen LogP contribution in [0, 0.1) is 0 Å². The van der Waals surface area contributed by atoms with E-state index in [9.17, 15) is 0 Å². The maximum Gasteiger partial charge on any atom is 0.140 e. The molecule has 73 heavy (non-hydrogen) atoms. The van der Waals surface area contributed by atoms with Crippen LogP contribution in [0.5, 0.6) is 11.5 Å². The first kappa shape index (κ1) is 40.3. The minimum atomic E-state index is -0.726. The largest absolute Gasteiger partial charge is 0.456 e. The van der Waals surface area contributed by atoms with Crippen LogP contribution in [-0.4, -0.2) is 0 Å². The van der Waals surface area contributed by atoms with E-state index in [0.717, 1.165) is 83.2 Å². The van der Waals surface area contributed by atoms with Gasteiger partial charge in [0.05, 0.1) is 22.2 Å². The third kappa shape index (κ3) is 5.27. The van der Waals surface area contributed by atoms with Crippen LogP contribution in [0.15, 0.2) is 265 Å². The molecule has 0 atom stereocenters. The second kappa shape index (κ2) is 15.0. The van der Waals surface area contributed by atoms with E-state index in [-0.39, 0.29) is 0 Å². The zero-order valence-corrected chi connectivity index (χ0v) is 39.6. The average molecular weight is 930 g/mol. The summed E-state index contributed by atoms with van der Waals surface area (Å²) in [6, 6.07) is 96.1. The van der Waals surface area contributed by atoms with E-state index in [1.807, 2.05) is 6.07 Å². The van der Waals surface area contributed by atoms with Crippen LogP contribution in [-0.2, 0) is 10.8 Å². The summed E-state index contributed by atoms with van der Waals surface area (Å²) in [6.45, 7) is 0. The van der Waals surface area contributed by atoms with Gasteiger partial charge in [0.15, 0.2) is 0 Å². The third-order valence-corrected chi connectivity index (χ3v) is 16.4. The molecule has 0 fully saturated rings. The predicted octanol–water partition coefficient (Wildman–Crippen LogP) is 18.2. The van der Waals surface area contributed by atoms with Gasteiger partial charge in [-0.15, -0.1) is 0 Å². The molecule has 3 nitrogen and oxygen atoms in total. The van der Waals surface area contributed by atoms with Gasteiger partial charge in [-0.3, -0.25) is 0 Å². The van der Waals surface area contributed by atoms with E-state index in [4.69, 9.17) is 9.15 Å². The van der Waals surface area contributed by atoms with E-state index >= 15 is 0 Å². The first-order chi connectivity index (χ1) is 36.2. The minimum Gasteiger partial charge on any atom is -0.456 e. The summed E-state index contributed by atoms with van der Waals surface area (Å²) in [6.07, 6.45) is 0. The number of benzene rings is 12. The molecule has 340 valence electrons. The van der Waals surface area contributed by atoms with Gasteiger partial charge in [-0.05, 0) is 91.7 Å². The van der Waals surface area contributed by atoms with Crippen LogP contribution < -0.4 is 9.64 Å². The van der Waals surface area contributed by atoms with Gasteiger partial charge in [-0.25, -0.2) is 0 Å².